The second kappa shape index (κ2) is 8.20. The molecule has 0 atom stereocenters. The molecule has 0 unspecified atom stereocenters. The molecule has 0 rings (SSSR count). The molecule has 0 aliphatic heterocycles. The summed E-state index contributed by atoms with van der Waals surface area (Å²) in [6.07, 6.45) is 4.86. The molecule has 14 heavy (non-hydrogen) atoms. The Balaban J connectivity index is 3.70. The first kappa shape index (κ1) is 13.9. The Bertz CT molecular complexity index is 291. The maximum absolute atomic E-state index is 11.2. The molecule has 80 valence electrons. The van der Waals surface area contributed by atoms with E-state index < -0.39 is 9.84 Å². The summed E-state index contributed by atoms with van der Waals surface area (Å²) >= 11 is 0. The highest BCUT2D eigenvalue weighted by Crippen LogP contribution is 2.21. The predicted octanol–water partition coefficient (Wildman–Crippen LogP) is 2.67. The minimum absolute atomic E-state index is 0.0435. The standard InChI is InChI=1S/C9H14O2S3/c1-3-6-12-13-7-5-9-14(10,11)8-4-2/h3-5,7H,1-2,6,8-9H2/b7-5+. The molecule has 5 heteroatoms. The first-order valence-corrected chi connectivity index (χ1v) is 8.18. The Labute approximate surface area is 93.9 Å². The number of hydrogen-bond donors (Lipinski definition) is 0. The highest BCUT2D eigenvalue weighted by molar-refractivity contribution is 8.77. The minimum atomic E-state index is -2.97. The maximum Gasteiger partial charge on any atom is 0.157 e. The fourth-order valence-electron chi connectivity index (χ4n) is 0.599. The van der Waals surface area contributed by atoms with Crippen LogP contribution in [0, 0.1) is 0 Å². The molecule has 0 heterocycles. The molecular weight excluding hydrogens is 236 g/mol. The van der Waals surface area contributed by atoms with Crippen LogP contribution in [0.3, 0.4) is 0 Å². The smallest absolute Gasteiger partial charge is 0.157 e. The summed E-state index contributed by atoms with van der Waals surface area (Å²) in [7, 11) is 0.153. The molecule has 0 radical (unpaired) electrons. The monoisotopic (exact) mass is 250 g/mol. The molecule has 0 saturated carbocycles. The molecule has 0 spiro atoms. The fourth-order valence-corrected chi connectivity index (χ4v) is 3.03. The Morgan fingerprint density at radius 1 is 1.14 bits per heavy atom. The maximum atomic E-state index is 11.2. The topological polar surface area (TPSA) is 34.1 Å². The zero-order valence-electron chi connectivity index (χ0n) is 7.89. The average molecular weight is 250 g/mol. The van der Waals surface area contributed by atoms with Gasteiger partial charge in [0.25, 0.3) is 0 Å². The Morgan fingerprint density at radius 3 is 2.43 bits per heavy atom. The lowest BCUT2D eigenvalue weighted by atomic mass is 10.7. The van der Waals surface area contributed by atoms with Crippen molar-refractivity contribution in [2.24, 2.45) is 0 Å². The van der Waals surface area contributed by atoms with E-state index >= 15 is 0 Å². The SMILES string of the molecule is C=CCSS/C=C/CS(=O)(=O)CC=C. The summed E-state index contributed by atoms with van der Waals surface area (Å²) in [5.41, 5.74) is 0. The first-order chi connectivity index (χ1) is 6.62. The van der Waals surface area contributed by atoms with Gasteiger partial charge in [0.2, 0.25) is 0 Å². The van der Waals surface area contributed by atoms with Gasteiger partial charge < -0.3 is 0 Å². The summed E-state index contributed by atoms with van der Waals surface area (Å²) in [5, 5.41) is 1.79. The quantitative estimate of drug-likeness (QED) is 0.377. The molecule has 0 N–H and O–H groups in total. The molecule has 0 aliphatic carbocycles. The van der Waals surface area contributed by atoms with Crippen LogP contribution in [0.5, 0.6) is 0 Å². The third-order valence-corrected chi connectivity index (χ3v) is 4.53. The molecule has 0 aliphatic rings. The Hall–Kier alpha value is -0.130. The van der Waals surface area contributed by atoms with E-state index in [2.05, 4.69) is 13.2 Å². The first-order valence-electron chi connectivity index (χ1n) is 3.98. The molecule has 0 aromatic rings. The normalized spacial score (nSPS) is 11.7. The van der Waals surface area contributed by atoms with Crippen molar-refractivity contribution in [3.05, 3.63) is 36.8 Å². The van der Waals surface area contributed by atoms with Gasteiger partial charge >= 0.3 is 0 Å². The van der Waals surface area contributed by atoms with E-state index in [0.29, 0.717) is 0 Å². The molecule has 0 saturated heterocycles. The van der Waals surface area contributed by atoms with E-state index in [4.69, 9.17) is 0 Å². The predicted molar refractivity (Wildman–Crippen MR) is 68.2 cm³/mol. The van der Waals surface area contributed by atoms with Gasteiger partial charge in [0.05, 0.1) is 11.5 Å². The van der Waals surface area contributed by atoms with E-state index in [1.54, 1.807) is 28.4 Å². The summed E-state index contributed by atoms with van der Waals surface area (Å²) < 4.78 is 22.3. The molecule has 0 amide bonds. The summed E-state index contributed by atoms with van der Waals surface area (Å²) in [4.78, 5) is 0. The van der Waals surface area contributed by atoms with E-state index in [0.717, 1.165) is 5.75 Å². The van der Waals surface area contributed by atoms with Crippen LogP contribution in [0.2, 0.25) is 0 Å². The van der Waals surface area contributed by atoms with Crippen molar-refractivity contribution in [3.63, 3.8) is 0 Å². The van der Waals surface area contributed by atoms with E-state index in [9.17, 15) is 8.42 Å². The third kappa shape index (κ3) is 8.47. The molecule has 0 aromatic carbocycles. The van der Waals surface area contributed by atoms with Gasteiger partial charge in [0.1, 0.15) is 0 Å². The van der Waals surface area contributed by atoms with Crippen molar-refractivity contribution in [3.8, 4) is 0 Å². The van der Waals surface area contributed by atoms with Gasteiger partial charge in [-0.05, 0) is 5.41 Å². The highest BCUT2D eigenvalue weighted by atomic mass is 33.1. The van der Waals surface area contributed by atoms with Crippen molar-refractivity contribution in [1.29, 1.82) is 0 Å². The average Bonchev–Trinajstić information content (AvgIpc) is 2.11. The molecule has 0 aromatic heterocycles. The van der Waals surface area contributed by atoms with Crippen molar-refractivity contribution in [1.82, 2.24) is 0 Å². The zero-order valence-corrected chi connectivity index (χ0v) is 10.3. The van der Waals surface area contributed by atoms with Gasteiger partial charge in [0, 0.05) is 5.75 Å². The lowest BCUT2D eigenvalue weighted by molar-refractivity contribution is 0.602. The molecule has 0 bridgehead atoms. The van der Waals surface area contributed by atoms with Crippen LogP contribution in [-0.2, 0) is 9.84 Å². The van der Waals surface area contributed by atoms with Crippen LogP contribution >= 0.6 is 21.6 Å². The summed E-state index contributed by atoms with van der Waals surface area (Å²) in [5.74, 6) is 0.983. The fraction of sp³-hybridized carbons (Fsp3) is 0.333. The van der Waals surface area contributed by atoms with Gasteiger partial charge in [0.15, 0.2) is 9.84 Å². The van der Waals surface area contributed by atoms with Crippen LogP contribution in [0.25, 0.3) is 0 Å². The van der Waals surface area contributed by atoms with Crippen molar-refractivity contribution in [2.45, 2.75) is 0 Å². The molecular formula is C9H14O2S3. The van der Waals surface area contributed by atoms with Crippen LogP contribution < -0.4 is 0 Å². The van der Waals surface area contributed by atoms with Gasteiger partial charge in [-0.1, -0.05) is 39.8 Å². The van der Waals surface area contributed by atoms with Gasteiger partial charge in [-0.15, -0.1) is 13.2 Å². The second-order valence-corrected chi connectivity index (χ2v) is 6.88. The van der Waals surface area contributed by atoms with Crippen LogP contribution in [-0.4, -0.2) is 25.7 Å². The van der Waals surface area contributed by atoms with E-state index in [1.165, 1.54) is 16.9 Å². The Kier molecular flexibility index (Phi) is 8.12. The van der Waals surface area contributed by atoms with Gasteiger partial charge in [-0.2, -0.15) is 0 Å². The van der Waals surface area contributed by atoms with Gasteiger partial charge in [-0.25, -0.2) is 8.42 Å². The molecule has 0 fully saturated rings. The van der Waals surface area contributed by atoms with Crippen LogP contribution in [0.1, 0.15) is 0 Å². The van der Waals surface area contributed by atoms with Crippen molar-refractivity contribution >= 4 is 31.4 Å². The summed E-state index contributed by atoms with van der Waals surface area (Å²) in [6.45, 7) is 6.97. The number of hydrogen-bond acceptors (Lipinski definition) is 4. The van der Waals surface area contributed by atoms with Crippen LogP contribution in [0.15, 0.2) is 36.8 Å². The largest absolute Gasteiger partial charge is 0.228 e. The minimum Gasteiger partial charge on any atom is -0.228 e. The Morgan fingerprint density at radius 2 is 1.86 bits per heavy atom. The lowest BCUT2D eigenvalue weighted by Gasteiger charge is -1.94. The van der Waals surface area contributed by atoms with Crippen molar-refractivity contribution in [2.75, 3.05) is 17.3 Å². The lowest BCUT2D eigenvalue weighted by Crippen LogP contribution is -2.06. The van der Waals surface area contributed by atoms with E-state index in [-0.39, 0.29) is 11.5 Å². The highest BCUT2D eigenvalue weighted by Gasteiger charge is 2.03. The van der Waals surface area contributed by atoms with Crippen molar-refractivity contribution < 1.29 is 8.42 Å². The van der Waals surface area contributed by atoms with Gasteiger partial charge in [-0.3, -0.25) is 0 Å². The summed E-state index contributed by atoms with van der Waals surface area (Å²) in [6, 6.07) is 0. The number of rotatable bonds is 8. The second-order valence-electron chi connectivity index (χ2n) is 2.41. The zero-order chi connectivity index (χ0) is 10.9. The molecule has 2 nitrogen and oxygen atoms in total. The van der Waals surface area contributed by atoms with E-state index in [1.807, 2.05) is 0 Å². The van der Waals surface area contributed by atoms with Crippen LogP contribution in [0.4, 0.5) is 0 Å². The number of sulfone groups is 1. The third-order valence-electron chi connectivity index (χ3n) is 1.13.